The molecule has 2 rings (SSSR count). The van der Waals surface area contributed by atoms with Crippen molar-refractivity contribution in [2.75, 3.05) is 10.7 Å². The van der Waals surface area contributed by atoms with Gasteiger partial charge in [0.2, 0.25) is 0 Å². The maximum Gasteiger partial charge on any atom is 0.259 e. The zero-order chi connectivity index (χ0) is 12.3. The summed E-state index contributed by atoms with van der Waals surface area (Å²) in [5, 5.41) is 5.94. The van der Waals surface area contributed by atoms with Crippen molar-refractivity contribution in [1.29, 1.82) is 0 Å². The van der Waals surface area contributed by atoms with Crippen LogP contribution in [0.3, 0.4) is 0 Å². The van der Waals surface area contributed by atoms with Gasteiger partial charge in [-0.1, -0.05) is 11.2 Å². The van der Waals surface area contributed by atoms with E-state index in [1.54, 1.807) is 0 Å². The van der Waals surface area contributed by atoms with Crippen LogP contribution in [0.1, 0.15) is 10.4 Å². The molecule has 1 aromatic heterocycles. The lowest BCUT2D eigenvalue weighted by atomic mass is 10.1. The van der Waals surface area contributed by atoms with E-state index in [-0.39, 0.29) is 17.1 Å². The van der Waals surface area contributed by atoms with Crippen molar-refractivity contribution in [2.24, 2.45) is 5.84 Å². The predicted molar refractivity (Wildman–Crippen MR) is 58.7 cm³/mol. The number of amides is 1. The van der Waals surface area contributed by atoms with Gasteiger partial charge in [-0.25, -0.2) is 4.39 Å². The number of anilines is 2. The molecule has 0 aliphatic rings. The largest absolute Gasteiger partial charge is 0.363 e. The van der Waals surface area contributed by atoms with Crippen LogP contribution in [0.2, 0.25) is 0 Å². The summed E-state index contributed by atoms with van der Waals surface area (Å²) >= 11 is 0. The Bertz CT molecular complexity index is 527. The van der Waals surface area contributed by atoms with Gasteiger partial charge in [-0.05, 0) is 12.1 Å². The number of carbonyl (C=O) groups is 1. The fourth-order valence-electron chi connectivity index (χ4n) is 1.32. The fourth-order valence-corrected chi connectivity index (χ4v) is 1.32. The van der Waals surface area contributed by atoms with E-state index in [0.717, 1.165) is 0 Å². The van der Waals surface area contributed by atoms with Crippen LogP contribution in [0.5, 0.6) is 0 Å². The van der Waals surface area contributed by atoms with Gasteiger partial charge in [0.15, 0.2) is 5.82 Å². The smallest absolute Gasteiger partial charge is 0.259 e. The molecule has 6 nitrogen and oxygen atoms in total. The first-order valence-corrected chi connectivity index (χ1v) is 4.69. The van der Waals surface area contributed by atoms with E-state index >= 15 is 0 Å². The van der Waals surface area contributed by atoms with Gasteiger partial charge in [-0.3, -0.25) is 10.6 Å². The second-order valence-corrected chi connectivity index (χ2v) is 3.15. The molecule has 7 heteroatoms. The number of benzene rings is 1. The van der Waals surface area contributed by atoms with Crippen LogP contribution in [-0.2, 0) is 0 Å². The van der Waals surface area contributed by atoms with Crippen molar-refractivity contribution in [3.63, 3.8) is 0 Å². The highest BCUT2D eigenvalue weighted by molar-refractivity contribution is 6.07. The number of nitrogens with one attached hydrogen (secondary N) is 2. The summed E-state index contributed by atoms with van der Waals surface area (Å²) in [5.74, 6) is 4.25. The summed E-state index contributed by atoms with van der Waals surface area (Å²) in [5.41, 5.74) is 2.15. The minimum Gasteiger partial charge on any atom is -0.363 e. The van der Waals surface area contributed by atoms with E-state index in [9.17, 15) is 9.18 Å². The maximum atomic E-state index is 13.3. The lowest BCUT2D eigenvalue weighted by Crippen LogP contribution is -2.18. The molecular formula is C10H9FN4O2. The van der Waals surface area contributed by atoms with Crippen LogP contribution >= 0.6 is 0 Å². The summed E-state index contributed by atoms with van der Waals surface area (Å²) in [6, 6.07) is 5.51. The molecule has 0 aliphatic heterocycles. The number of nitrogens with zero attached hydrogens (tertiary/aromatic N) is 1. The molecule has 0 aliphatic carbocycles. The molecule has 4 N–H and O–H groups in total. The Morgan fingerprint density at radius 3 is 2.88 bits per heavy atom. The molecule has 88 valence electrons. The summed E-state index contributed by atoms with van der Waals surface area (Å²) in [7, 11) is 0. The molecule has 1 heterocycles. The van der Waals surface area contributed by atoms with E-state index in [0.29, 0.717) is 0 Å². The standard InChI is InChI=1S/C10H9FN4O2/c11-7-3-1-2-6(9(7)14-12)10(16)13-8-4-5-17-15-8/h1-5,14H,12H2,(H,13,15,16). The molecule has 0 spiro atoms. The summed E-state index contributed by atoms with van der Waals surface area (Å²) in [4.78, 5) is 11.8. The van der Waals surface area contributed by atoms with Crippen LogP contribution in [-0.4, -0.2) is 11.1 Å². The molecule has 0 saturated carbocycles. The molecule has 0 atom stereocenters. The Labute approximate surface area is 95.6 Å². The minimum absolute atomic E-state index is 0.0755. The van der Waals surface area contributed by atoms with Gasteiger partial charge < -0.3 is 15.3 Å². The second-order valence-electron chi connectivity index (χ2n) is 3.15. The van der Waals surface area contributed by atoms with E-state index < -0.39 is 11.7 Å². The zero-order valence-electron chi connectivity index (χ0n) is 8.61. The molecule has 0 fully saturated rings. The van der Waals surface area contributed by atoms with Crippen molar-refractivity contribution >= 4 is 17.4 Å². The highest BCUT2D eigenvalue weighted by Crippen LogP contribution is 2.19. The van der Waals surface area contributed by atoms with Gasteiger partial charge in [0.1, 0.15) is 12.1 Å². The molecule has 2 aromatic rings. The van der Waals surface area contributed by atoms with Crippen molar-refractivity contribution in [2.45, 2.75) is 0 Å². The maximum absolute atomic E-state index is 13.3. The van der Waals surface area contributed by atoms with Crippen molar-refractivity contribution in [3.05, 3.63) is 41.9 Å². The second kappa shape index (κ2) is 4.62. The Balaban J connectivity index is 2.28. The van der Waals surface area contributed by atoms with Crippen molar-refractivity contribution in [3.8, 4) is 0 Å². The molecule has 17 heavy (non-hydrogen) atoms. The molecule has 1 aromatic carbocycles. The average molecular weight is 236 g/mol. The van der Waals surface area contributed by atoms with Crippen LogP contribution in [0.25, 0.3) is 0 Å². The molecule has 0 unspecified atom stereocenters. The lowest BCUT2D eigenvalue weighted by molar-refractivity contribution is 0.102. The van der Waals surface area contributed by atoms with E-state index in [4.69, 9.17) is 5.84 Å². The molecule has 0 bridgehead atoms. The lowest BCUT2D eigenvalue weighted by Gasteiger charge is -2.08. The number of halogens is 1. The van der Waals surface area contributed by atoms with Crippen LogP contribution in [0.4, 0.5) is 15.9 Å². The molecule has 0 radical (unpaired) electrons. The summed E-state index contributed by atoms with van der Waals surface area (Å²) in [6.07, 6.45) is 1.31. The normalized spacial score (nSPS) is 10.0. The van der Waals surface area contributed by atoms with Gasteiger partial charge in [0.25, 0.3) is 5.91 Å². The number of para-hydroxylation sites is 1. The van der Waals surface area contributed by atoms with Gasteiger partial charge in [0, 0.05) is 6.07 Å². The van der Waals surface area contributed by atoms with E-state index in [1.165, 1.54) is 30.5 Å². The van der Waals surface area contributed by atoms with E-state index in [2.05, 4.69) is 20.4 Å². The number of nitrogens with two attached hydrogens (primary N) is 1. The Morgan fingerprint density at radius 1 is 1.41 bits per heavy atom. The summed E-state index contributed by atoms with van der Waals surface area (Å²) < 4.78 is 17.9. The fraction of sp³-hybridized carbons (Fsp3) is 0. The molecule has 0 saturated heterocycles. The quantitative estimate of drug-likeness (QED) is 0.552. The third-order valence-electron chi connectivity index (χ3n) is 2.08. The third kappa shape index (κ3) is 2.23. The van der Waals surface area contributed by atoms with E-state index in [1.807, 2.05) is 0 Å². The SMILES string of the molecule is NNc1c(F)cccc1C(=O)Nc1ccon1. The van der Waals surface area contributed by atoms with Gasteiger partial charge in [-0.2, -0.15) is 0 Å². The Hall–Kier alpha value is -2.41. The summed E-state index contributed by atoms with van der Waals surface area (Å²) in [6.45, 7) is 0. The molecular weight excluding hydrogens is 227 g/mol. The number of aromatic nitrogens is 1. The van der Waals surface area contributed by atoms with Crippen LogP contribution in [0.15, 0.2) is 35.1 Å². The number of rotatable bonds is 3. The van der Waals surface area contributed by atoms with Crippen molar-refractivity contribution in [1.82, 2.24) is 5.16 Å². The number of nitrogen functional groups attached to an aromatic ring is 1. The van der Waals surface area contributed by atoms with Gasteiger partial charge >= 0.3 is 0 Å². The first kappa shape index (κ1) is 11.1. The number of hydrogen-bond donors (Lipinski definition) is 3. The number of hydrogen-bond acceptors (Lipinski definition) is 5. The zero-order valence-corrected chi connectivity index (χ0v) is 8.61. The average Bonchev–Trinajstić information content (AvgIpc) is 2.81. The minimum atomic E-state index is -0.611. The molecule has 1 amide bonds. The predicted octanol–water partition coefficient (Wildman–Crippen LogP) is 1.35. The monoisotopic (exact) mass is 236 g/mol. The highest BCUT2D eigenvalue weighted by atomic mass is 19.1. The Morgan fingerprint density at radius 2 is 2.24 bits per heavy atom. The van der Waals surface area contributed by atoms with Gasteiger partial charge in [0.05, 0.1) is 11.3 Å². The first-order chi connectivity index (χ1) is 8.22. The third-order valence-corrected chi connectivity index (χ3v) is 2.08. The van der Waals surface area contributed by atoms with Crippen LogP contribution < -0.4 is 16.6 Å². The van der Waals surface area contributed by atoms with Gasteiger partial charge in [-0.15, -0.1) is 0 Å². The highest BCUT2D eigenvalue weighted by Gasteiger charge is 2.15. The van der Waals surface area contributed by atoms with Crippen molar-refractivity contribution < 1.29 is 13.7 Å². The number of carbonyl (C=O) groups excluding carboxylic acids is 1. The Kier molecular flexibility index (Phi) is 3.01. The topological polar surface area (TPSA) is 93.2 Å². The number of hydrazine groups is 1. The first-order valence-electron chi connectivity index (χ1n) is 4.69. The van der Waals surface area contributed by atoms with Crippen LogP contribution in [0, 0.1) is 5.82 Å².